The number of para-hydroxylation sites is 2. The molecular weight excluding hydrogens is 388 g/mol. The van der Waals surface area contributed by atoms with Gasteiger partial charge in [0.2, 0.25) is 5.91 Å². The Bertz CT molecular complexity index is 1180. The van der Waals surface area contributed by atoms with E-state index < -0.39 is 11.2 Å². The minimum Gasteiger partial charge on any atom is -0.440 e. The minimum atomic E-state index is -0.557. The Hall–Kier alpha value is -3.56. The molecule has 1 fully saturated rings. The summed E-state index contributed by atoms with van der Waals surface area (Å²) in [4.78, 5) is 43.1. The number of aromatic nitrogens is 3. The molecule has 158 valence electrons. The molecule has 0 atom stereocenters. The highest BCUT2D eigenvalue weighted by atomic mass is 16.3. The van der Waals surface area contributed by atoms with Gasteiger partial charge in [0.25, 0.3) is 5.56 Å². The second-order valence-electron chi connectivity index (χ2n) is 7.49. The number of anilines is 2. The standard InChI is InChI=1S/C20H24N6O4/c1-24-17(21)16(19(28)25(2)20(24)29)22-11-15(27)26-9-7-12(8-10-26)18-23-13-5-3-4-6-14(13)30-18/h3-6,12,22H,7-11,21H2,1-2H3. The van der Waals surface area contributed by atoms with E-state index in [2.05, 4.69) is 10.3 Å². The third kappa shape index (κ3) is 3.44. The van der Waals surface area contributed by atoms with Gasteiger partial charge < -0.3 is 20.4 Å². The molecule has 10 nitrogen and oxygen atoms in total. The van der Waals surface area contributed by atoms with E-state index in [1.165, 1.54) is 18.7 Å². The normalized spacial score (nSPS) is 14.9. The number of carbonyl (C=O) groups is 1. The van der Waals surface area contributed by atoms with Crippen molar-refractivity contribution in [3.05, 3.63) is 51.0 Å². The SMILES string of the molecule is Cn1c(N)c(NCC(=O)N2CCC(c3nc4ccccc4o3)CC2)c(=O)n(C)c1=O. The Balaban J connectivity index is 1.38. The topological polar surface area (TPSA) is 128 Å². The zero-order valence-corrected chi connectivity index (χ0v) is 16.9. The van der Waals surface area contributed by atoms with Gasteiger partial charge in [-0.3, -0.25) is 18.7 Å². The Kier molecular flexibility index (Phi) is 5.06. The van der Waals surface area contributed by atoms with E-state index in [-0.39, 0.29) is 29.9 Å². The van der Waals surface area contributed by atoms with Gasteiger partial charge in [0, 0.05) is 33.1 Å². The summed E-state index contributed by atoms with van der Waals surface area (Å²) in [6, 6.07) is 7.65. The summed E-state index contributed by atoms with van der Waals surface area (Å²) >= 11 is 0. The van der Waals surface area contributed by atoms with E-state index in [1.54, 1.807) is 4.90 Å². The summed E-state index contributed by atoms with van der Waals surface area (Å²) in [6.07, 6.45) is 1.50. The van der Waals surface area contributed by atoms with Crippen LogP contribution in [-0.4, -0.2) is 44.6 Å². The smallest absolute Gasteiger partial charge is 0.332 e. The first-order chi connectivity index (χ1) is 14.4. The van der Waals surface area contributed by atoms with E-state index in [9.17, 15) is 14.4 Å². The molecule has 1 aliphatic heterocycles. The number of hydrogen-bond acceptors (Lipinski definition) is 7. The second kappa shape index (κ2) is 7.69. The lowest BCUT2D eigenvalue weighted by Gasteiger charge is -2.30. The molecule has 1 amide bonds. The van der Waals surface area contributed by atoms with Gasteiger partial charge in [-0.15, -0.1) is 0 Å². The number of nitrogens with zero attached hydrogens (tertiary/aromatic N) is 4. The summed E-state index contributed by atoms with van der Waals surface area (Å²) in [5.41, 5.74) is 6.46. The number of likely N-dealkylation sites (tertiary alicyclic amines) is 1. The number of piperidine rings is 1. The van der Waals surface area contributed by atoms with Crippen molar-refractivity contribution in [1.82, 2.24) is 19.0 Å². The first kappa shape index (κ1) is 19.7. The third-order valence-electron chi connectivity index (χ3n) is 5.63. The lowest BCUT2D eigenvalue weighted by molar-refractivity contribution is -0.130. The lowest BCUT2D eigenvalue weighted by Crippen LogP contribution is -2.43. The fraction of sp³-hybridized carbons (Fsp3) is 0.400. The maximum absolute atomic E-state index is 12.6. The van der Waals surface area contributed by atoms with Crippen molar-refractivity contribution in [2.75, 3.05) is 30.7 Å². The van der Waals surface area contributed by atoms with Crippen LogP contribution in [0.15, 0.2) is 38.3 Å². The number of nitrogens with two attached hydrogens (primary N) is 1. The summed E-state index contributed by atoms with van der Waals surface area (Å²) in [7, 11) is 2.84. The van der Waals surface area contributed by atoms with Crippen molar-refractivity contribution in [3.8, 4) is 0 Å². The maximum atomic E-state index is 12.6. The molecule has 10 heteroatoms. The molecule has 3 heterocycles. The zero-order chi connectivity index (χ0) is 21.4. The van der Waals surface area contributed by atoms with Gasteiger partial charge >= 0.3 is 5.69 Å². The number of rotatable bonds is 4. The van der Waals surface area contributed by atoms with E-state index >= 15 is 0 Å². The number of carbonyl (C=O) groups excluding carboxylic acids is 1. The van der Waals surface area contributed by atoms with E-state index in [0.717, 1.165) is 28.5 Å². The molecule has 0 radical (unpaired) electrons. The first-order valence-electron chi connectivity index (χ1n) is 9.79. The van der Waals surface area contributed by atoms with Crippen LogP contribution in [0.3, 0.4) is 0 Å². The van der Waals surface area contributed by atoms with Crippen molar-refractivity contribution >= 4 is 28.5 Å². The molecular formula is C20H24N6O4. The van der Waals surface area contributed by atoms with Crippen LogP contribution in [0, 0.1) is 0 Å². The summed E-state index contributed by atoms with van der Waals surface area (Å²) in [5.74, 6) is 0.746. The highest BCUT2D eigenvalue weighted by Gasteiger charge is 2.27. The molecule has 4 rings (SSSR count). The van der Waals surface area contributed by atoms with Crippen LogP contribution < -0.4 is 22.3 Å². The van der Waals surface area contributed by atoms with Crippen LogP contribution in [0.5, 0.6) is 0 Å². The van der Waals surface area contributed by atoms with Crippen molar-refractivity contribution in [2.24, 2.45) is 14.1 Å². The van der Waals surface area contributed by atoms with Crippen molar-refractivity contribution in [3.63, 3.8) is 0 Å². The Labute approximate surface area is 171 Å². The van der Waals surface area contributed by atoms with Gasteiger partial charge in [0.05, 0.1) is 6.54 Å². The molecule has 3 N–H and O–H groups in total. The molecule has 1 aromatic carbocycles. The van der Waals surface area contributed by atoms with Crippen LogP contribution in [0.25, 0.3) is 11.1 Å². The quantitative estimate of drug-likeness (QED) is 0.643. The number of nitrogens with one attached hydrogen (secondary N) is 1. The van der Waals surface area contributed by atoms with Crippen LogP contribution in [0.4, 0.5) is 11.5 Å². The number of fused-ring (bicyclic) bond motifs is 1. The van der Waals surface area contributed by atoms with Gasteiger partial charge in [-0.1, -0.05) is 12.1 Å². The molecule has 1 aliphatic rings. The minimum absolute atomic E-state index is 0.00516. The van der Waals surface area contributed by atoms with Crippen molar-refractivity contribution < 1.29 is 9.21 Å². The molecule has 30 heavy (non-hydrogen) atoms. The van der Waals surface area contributed by atoms with Gasteiger partial charge in [0.1, 0.15) is 17.0 Å². The highest BCUT2D eigenvalue weighted by Crippen LogP contribution is 2.29. The van der Waals surface area contributed by atoms with Gasteiger partial charge in [-0.2, -0.15) is 0 Å². The largest absolute Gasteiger partial charge is 0.440 e. The number of benzene rings is 1. The predicted molar refractivity (Wildman–Crippen MR) is 112 cm³/mol. The molecule has 1 saturated heterocycles. The Morgan fingerprint density at radius 2 is 1.90 bits per heavy atom. The van der Waals surface area contributed by atoms with Crippen LogP contribution in [0.2, 0.25) is 0 Å². The first-order valence-corrected chi connectivity index (χ1v) is 9.79. The number of oxazole rings is 1. The summed E-state index contributed by atoms with van der Waals surface area (Å²) in [5, 5.41) is 2.81. The number of nitrogen functional groups attached to an aromatic ring is 1. The van der Waals surface area contributed by atoms with Gasteiger partial charge in [0.15, 0.2) is 11.5 Å². The Morgan fingerprint density at radius 1 is 1.20 bits per heavy atom. The number of hydrogen-bond donors (Lipinski definition) is 2. The molecule has 0 saturated carbocycles. The van der Waals surface area contributed by atoms with E-state index in [4.69, 9.17) is 10.2 Å². The summed E-state index contributed by atoms with van der Waals surface area (Å²) in [6.45, 7) is 1.07. The third-order valence-corrected chi connectivity index (χ3v) is 5.63. The van der Waals surface area contributed by atoms with E-state index in [1.807, 2.05) is 24.3 Å². The molecule has 2 aromatic heterocycles. The van der Waals surface area contributed by atoms with E-state index in [0.29, 0.717) is 19.0 Å². The number of amides is 1. The lowest BCUT2D eigenvalue weighted by atomic mass is 9.97. The highest BCUT2D eigenvalue weighted by molar-refractivity contribution is 5.82. The molecule has 3 aromatic rings. The molecule has 0 spiro atoms. The monoisotopic (exact) mass is 412 g/mol. The zero-order valence-electron chi connectivity index (χ0n) is 16.9. The predicted octanol–water partition coefficient (Wildman–Crippen LogP) is 0.625. The molecule has 0 bridgehead atoms. The maximum Gasteiger partial charge on any atom is 0.332 e. The van der Waals surface area contributed by atoms with Crippen molar-refractivity contribution in [1.29, 1.82) is 0 Å². The average Bonchev–Trinajstić information content (AvgIpc) is 3.20. The fourth-order valence-electron chi connectivity index (χ4n) is 3.74. The average molecular weight is 412 g/mol. The van der Waals surface area contributed by atoms with Gasteiger partial charge in [-0.05, 0) is 25.0 Å². The van der Waals surface area contributed by atoms with Gasteiger partial charge in [-0.25, -0.2) is 9.78 Å². The second-order valence-corrected chi connectivity index (χ2v) is 7.49. The fourth-order valence-corrected chi connectivity index (χ4v) is 3.74. The Morgan fingerprint density at radius 3 is 2.60 bits per heavy atom. The summed E-state index contributed by atoms with van der Waals surface area (Å²) < 4.78 is 7.98. The molecule has 0 aliphatic carbocycles. The van der Waals surface area contributed by atoms with Crippen molar-refractivity contribution in [2.45, 2.75) is 18.8 Å². The van der Waals surface area contributed by atoms with Crippen LogP contribution >= 0.6 is 0 Å². The van der Waals surface area contributed by atoms with Crippen LogP contribution in [0.1, 0.15) is 24.7 Å². The molecule has 0 unspecified atom stereocenters. The van der Waals surface area contributed by atoms with Crippen LogP contribution in [-0.2, 0) is 18.9 Å².